The van der Waals surface area contributed by atoms with Gasteiger partial charge in [-0.15, -0.1) is 13.2 Å². The van der Waals surface area contributed by atoms with Crippen molar-refractivity contribution in [1.29, 1.82) is 0 Å². The number of hydrogen-bond donors (Lipinski definition) is 0. The number of hydrogen-bond acceptors (Lipinski definition) is 4. The molecular weight excluding hydrogens is 216 g/mol. The second-order valence-electron chi connectivity index (χ2n) is 3.18. The molecule has 0 N–H and O–H groups in total. The van der Waals surface area contributed by atoms with Crippen LogP contribution in [-0.4, -0.2) is 21.1 Å². The van der Waals surface area contributed by atoms with Gasteiger partial charge in [-0.2, -0.15) is 8.42 Å². The van der Waals surface area contributed by atoms with E-state index in [-0.39, 0.29) is 0 Å². The van der Waals surface area contributed by atoms with Crippen LogP contribution in [-0.2, 0) is 18.8 Å². The minimum atomic E-state index is -3.93. The lowest BCUT2D eigenvalue weighted by Crippen LogP contribution is -2.34. The van der Waals surface area contributed by atoms with Crippen LogP contribution in [0.2, 0.25) is 0 Å². The van der Waals surface area contributed by atoms with Crippen molar-refractivity contribution < 1.29 is 16.8 Å². The third kappa shape index (κ3) is 4.59. The van der Waals surface area contributed by atoms with E-state index >= 15 is 0 Å². The zero-order valence-electron chi connectivity index (χ0n) is 9.23. The summed E-state index contributed by atoms with van der Waals surface area (Å²) in [6, 6.07) is 0. The smallest absolute Gasteiger partial charge is 0.252 e. The van der Waals surface area contributed by atoms with Gasteiger partial charge >= 0.3 is 10.4 Å². The summed E-state index contributed by atoms with van der Waals surface area (Å²) < 4.78 is 31.7. The largest absolute Gasteiger partial charge is 0.400 e. The molecule has 0 aromatic rings. The van der Waals surface area contributed by atoms with Gasteiger partial charge in [0.2, 0.25) is 0 Å². The van der Waals surface area contributed by atoms with Crippen LogP contribution in [0.3, 0.4) is 0 Å². The standard InChI is InChI=1S/C10H18O4S/c1-5-8-10(7-3,9-6-2)14-15(11,12)13-4/h5-6H,1-2,7-9H2,3-4H3. The van der Waals surface area contributed by atoms with Gasteiger partial charge in [-0.3, -0.25) is 4.18 Å². The molecule has 5 heteroatoms. The molecule has 0 bridgehead atoms. The first-order valence-corrected chi connectivity index (χ1v) is 6.01. The summed E-state index contributed by atoms with van der Waals surface area (Å²) in [7, 11) is -2.86. The maximum absolute atomic E-state index is 11.2. The first-order valence-electron chi connectivity index (χ1n) is 4.68. The van der Waals surface area contributed by atoms with Gasteiger partial charge in [0.25, 0.3) is 0 Å². The molecule has 0 unspecified atom stereocenters. The summed E-state index contributed by atoms with van der Waals surface area (Å²) in [5, 5.41) is 0. The van der Waals surface area contributed by atoms with E-state index in [9.17, 15) is 8.42 Å². The molecule has 0 aliphatic rings. The van der Waals surface area contributed by atoms with Crippen molar-refractivity contribution in [2.75, 3.05) is 7.11 Å². The van der Waals surface area contributed by atoms with Crippen LogP contribution in [0, 0.1) is 0 Å². The first-order chi connectivity index (χ1) is 6.95. The fraction of sp³-hybridized carbons (Fsp3) is 0.600. The Morgan fingerprint density at radius 2 is 1.73 bits per heavy atom. The van der Waals surface area contributed by atoms with E-state index in [1.807, 2.05) is 6.92 Å². The normalized spacial score (nSPS) is 12.4. The van der Waals surface area contributed by atoms with Crippen LogP contribution in [0.1, 0.15) is 26.2 Å². The lowest BCUT2D eigenvalue weighted by Gasteiger charge is -2.29. The molecule has 0 spiro atoms. The molecule has 0 aliphatic carbocycles. The Labute approximate surface area is 91.9 Å². The lowest BCUT2D eigenvalue weighted by molar-refractivity contribution is 0.0591. The van der Waals surface area contributed by atoms with Crippen molar-refractivity contribution >= 4 is 10.4 Å². The Hall–Kier alpha value is -0.650. The van der Waals surface area contributed by atoms with Crippen LogP contribution >= 0.6 is 0 Å². The third-order valence-electron chi connectivity index (χ3n) is 2.16. The quantitative estimate of drug-likeness (QED) is 0.604. The van der Waals surface area contributed by atoms with E-state index < -0.39 is 16.0 Å². The molecule has 0 heterocycles. The van der Waals surface area contributed by atoms with Crippen molar-refractivity contribution in [3.8, 4) is 0 Å². The summed E-state index contributed by atoms with van der Waals surface area (Å²) in [6.07, 6.45) is 4.64. The highest BCUT2D eigenvalue weighted by Gasteiger charge is 2.32. The SMILES string of the molecule is C=CCC(CC)(CC=C)OS(=O)(=O)OC. The Kier molecular flexibility index (Phi) is 5.79. The maximum Gasteiger partial charge on any atom is 0.400 e. The minimum Gasteiger partial charge on any atom is -0.252 e. The molecular formula is C10H18O4S. The summed E-state index contributed by atoms with van der Waals surface area (Å²) in [4.78, 5) is 0. The Balaban J connectivity index is 4.90. The summed E-state index contributed by atoms with van der Waals surface area (Å²) in [5.74, 6) is 0. The number of rotatable bonds is 8. The Bertz CT molecular complexity index is 295. The predicted octanol–water partition coefficient (Wildman–Crippen LogP) is 2.20. The van der Waals surface area contributed by atoms with Crippen molar-refractivity contribution in [3.63, 3.8) is 0 Å². The molecule has 0 aromatic heterocycles. The minimum absolute atomic E-state index is 0.429. The molecule has 88 valence electrons. The van der Waals surface area contributed by atoms with Gasteiger partial charge in [-0.1, -0.05) is 19.1 Å². The molecule has 0 fully saturated rings. The van der Waals surface area contributed by atoms with E-state index in [4.69, 9.17) is 4.18 Å². The monoisotopic (exact) mass is 234 g/mol. The molecule has 4 nitrogen and oxygen atoms in total. The van der Waals surface area contributed by atoms with E-state index in [1.54, 1.807) is 12.2 Å². The molecule has 0 aliphatic heterocycles. The fourth-order valence-electron chi connectivity index (χ4n) is 1.28. The van der Waals surface area contributed by atoms with E-state index in [0.29, 0.717) is 19.3 Å². The molecule has 0 rings (SSSR count). The van der Waals surface area contributed by atoms with Crippen molar-refractivity contribution in [2.45, 2.75) is 31.8 Å². The zero-order valence-corrected chi connectivity index (χ0v) is 10.0. The molecule has 0 saturated heterocycles. The average Bonchev–Trinajstić information content (AvgIpc) is 2.18. The fourth-order valence-corrected chi connectivity index (χ4v) is 2.03. The van der Waals surface area contributed by atoms with Crippen LogP contribution in [0.15, 0.2) is 25.3 Å². The second kappa shape index (κ2) is 6.05. The van der Waals surface area contributed by atoms with Gasteiger partial charge in [-0.05, 0) is 19.3 Å². The summed E-state index contributed by atoms with van der Waals surface area (Å²) in [5.41, 5.74) is -0.821. The highest BCUT2D eigenvalue weighted by atomic mass is 32.3. The van der Waals surface area contributed by atoms with Crippen LogP contribution < -0.4 is 0 Å². The zero-order chi connectivity index (χ0) is 11.9. The predicted molar refractivity (Wildman–Crippen MR) is 59.7 cm³/mol. The van der Waals surface area contributed by atoms with Crippen LogP contribution in [0.4, 0.5) is 0 Å². The molecule has 15 heavy (non-hydrogen) atoms. The van der Waals surface area contributed by atoms with Gasteiger partial charge in [-0.25, -0.2) is 4.18 Å². The van der Waals surface area contributed by atoms with Crippen molar-refractivity contribution in [3.05, 3.63) is 25.3 Å². The third-order valence-corrected chi connectivity index (χ3v) is 3.13. The van der Waals surface area contributed by atoms with Gasteiger partial charge < -0.3 is 0 Å². The topological polar surface area (TPSA) is 52.6 Å². The average molecular weight is 234 g/mol. The molecule has 0 atom stereocenters. The Morgan fingerprint density at radius 1 is 1.27 bits per heavy atom. The molecule has 0 aromatic carbocycles. The van der Waals surface area contributed by atoms with E-state index in [0.717, 1.165) is 7.11 Å². The molecule has 0 radical (unpaired) electrons. The van der Waals surface area contributed by atoms with Gasteiger partial charge in [0, 0.05) is 0 Å². The highest BCUT2D eigenvalue weighted by molar-refractivity contribution is 7.81. The maximum atomic E-state index is 11.2. The summed E-state index contributed by atoms with van der Waals surface area (Å²) in [6.45, 7) is 9.01. The molecule has 0 amide bonds. The van der Waals surface area contributed by atoms with Crippen molar-refractivity contribution in [1.82, 2.24) is 0 Å². The summed E-state index contributed by atoms with van der Waals surface area (Å²) >= 11 is 0. The lowest BCUT2D eigenvalue weighted by atomic mass is 9.93. The van der Waals surface area contributed by atoms with E-state index in [2.05, 4.69) is 17.3 Å². The molecule has 0 saturated carbocycles. The van der Waals surface area contributed by atoms with Crippen molar-refractivity contribution in [2.24, 2.45) is 0 Å². The van der Waals surface area contributed by atoms with Gasteiger partial charge in [0.1, 0.15) is 0 Å². The van der Waals surface area contributed by atoms with Crippen LogP contribution in [0.5, 0.6) is 0 Å². The Morgan fingerprint density at radius 3 is 2.00 bits per heavy atom. The van der Waals surface area contributed by atoms with E-state index in [1.165, 1.54) is 0 Å². The van der Waals surface area contributed by atoms with Gasteiger partial charge in [0.05, 0.1) is 12.7 Å². The first kappa shape index (κ1) is 14.3. The highest BCUT2D eigenvalue weighted by Crippen LogP contribution is 2.28. The van der Waals surface area contributed by atoms with Gasteiger partial charge in [0.15, 0.2) is 0 Å². The van der Waals surface area contributed by atoms with Crippen LogP contribution in [0.25, 0.3) is 0 Å². The second-order valence-corrected chi connectivity index (χ2v) is 4.50.